The molecule has 0 fully saturated rings. The SMILES string of the molecule is Cc1ccc(NC(=O)c2snnc2C)cc1C=CC(=O)O. The predicted molar refractivity (Wildman–Crippen MR) is 80.4 cm³/mol. The molecule has 0 bridgehead atoms. The number of nitrogens with one attached hydrogen (secondary N) is 1. The molecule has 108 valence electrons. The van der Waals surface area contributed by atoms with Gasteiger partial charge in [0.05, 0.1) is 5.69 Å². The van der Waals surface area contributed by atoms with E-state index in [0.717, 1.165) is 28.7 Å². The maximum atomic E-state index is 12.1. The number of carbonyl (C=O) groups is 2. The Labute approximate surface area is 125 Å². The summed E-state index contributed by atoms with van der Waals surface area (Å²) in [7, 11) is 0. The van der Waals surface area contributed by atoms with Gasteiger partial charge in [0, 0.05) is 11.8 Å². The van der Waals surface area contributed by atoms with E-state index in [0.29, 0.717) is 16.3 Å². The normalized spacial score (nSPS) is 10.8. The van der Waals surface area contributed by atoms with Crippen molar-refractivity contribution in [2.24, 2.45) is 0 Å². The highest BCUT2D eigenvalue weighted by Gasteiger charge is 2.13. The lowest BCUT2D eigenvalue weighted by atomic mass is 10.1. The molecule has 0 saturated heterocycles. The number of carbonyl (C=O) groups excluding carboxylic acids is 1. The number of aromatic nitrogens is 2. The summed E-state index contributed by atoms with van der Waals surface area (Å²) in [6, 6.07) is 5.29. The summed E-state index contributed by atoms with van der Waals surface area (Å²) in [5.74, 6) is -1.30. The molecule has 1 aromatic carbocycles. The van der Waals surface area contributed by atoms with Gasteiger partial charge in [-0.25, -0.2) is 4.79 Å². The van der Waals surface area contributed by atoms with Gasteiger partial charge in [0.15, 0.2) is 0 Å². The van der Waals surface area contributed by atoms with Crippen molar-refractivity contribution in [3.05, 3.63) is 46.0 Å². The second-order valence-corrected chi connectivity index (χ2v) is 5.14. The van der Waals surface area contributed by atoms with Crippen molar-refractivity contribution >= 4 is 35.2 Å². The van der Waals surface area contributed by atoms with Gasteiger partial charge in [-0.1, -0.05) is 10.6 Å². The van der Waals surface area contributed by atoms with Crippen LogP contribution in [0.25, 0.3) is 6.08 Å². The van der Waals surface area contributed by atoms with E-state index in [2.05, 4.69) is 14.9 Å². The number of hydrogen-bond acceptors (Lipinski definition) is 5. The average molecular weight is 303 g/mol. The van der Waals surface area contributed by atoms with E-state index in [1.807, 2.05) is 13.0 Å². The van der Waals surface area contributed by atoms with Crippen molar-refractivity contribution in [3.63, 3.8) is 0 Å². The van der Waals surface area contributed by atoms with E-state index < -0.39 is 5.97 Å². The van der Waals surface area contributed by atoms with Crippen LogP contribution in [-0.2, 0) is 4.79 Å². The Morgan fingerprint density at radius 1 is 1.33 bits per heavy atom. The fourth-order valence-corrected chi connectivity index (χ4v) is 2.24. The summed E-state index contributed by atoms with van der Waals surface area (Å²) in [5.41, 5.74) is 2.81. The first kappa shape index (κ1) is 14.9. The molecule has 2 N–H and O–H groups in total. The number of benzene rings is 1. The van der Waals surface area contributed by atoms with Gasteiger partial charge in [0.25, 0.3) is 5.91 Å². The highest BCUT2D eigenvalue weighted by molar-refractivity contribution is 7.08. The molecule has 6 nitrogen and oxygen atoms in total. The van der Waals surface area contributed by atoms with Crippen LogP contribution < -0.4 is 5.32 Å². The lowest BCUT2D eigenvalue weighted by molar-refractivity contribution is -0.131. The molecule has 0 atom stereocenters. The van der Waals surface area contributed by atoms with Gasteiger partial charge < -0.3 is 10.4 Å². The monoisotopic (exact) mass is 303 g/mol. The number of aryl methyl sites for hydroxylation is 2. The van der Waals surface area contributed by atoms with Crippen LogP contribution >= 0.6 is 11.5 Å². The molecule has 1 amide bonds. The molecule has 0 aliphatic carbocycles. The van der Waals surface area contributed by atoms with E-state index in [9.17, 15) is 9.59 Å². The molecular weight excluding hydrogens is 290 g/mol. The van der Waals surface area contributed by atoms with Crippen molar-refractivity contribution in [3.8, 4) is 0 Å². The van der Waals surface area contributed by atoms with Crippen LogP contribution in [0.15, 0.2) is 24.3 Å². The molecular formula is C14H13N3O3S. The fraction of sp³-hybridized carbons (Fsp3) is 0.143. The minimum atomic E-state index is -1.02. The molecule has 0 unspecified atom stereocenters. The number of carboxylic acid groups (broad SMARTS) is 1. The van der Waals surface area contributed by atoms with Crippen molar-refractivity contribution in [1.29, 1.82) is 0 Å². The van der Waals surface area contributed by atoms with E-state index in [1.54, 1.807) is 19.1 Å². The molecule has 0 spiro atoms. The van der Waals surface area contributed by atoms with Gasteiger partial charge in [0.2, 0.25) is 0 Å². The van der Waals surface area contributed by atoms with Crippen LogP contribution in [0.2, 0.25) is 0 Å². The van der Waals surface area contributed by atoms with Crippen molar-refractivity contribution in [2.75, 3.05) is 5.32 Å². The summed E-state index contributed by atoms with van der Waals surface area (Å²) in [4.78, 5) is 23.1. The van der Waals surface area contributed by atoms with E-state index in [-0.39, 0.29) is 5.91 Å². The Kier molecular flexibility index (Phi) is 4.44. The fourth-order valence-electron chi connectivity index (χ4n) is 1.69. The Balaban J connectivity index is 2.21. The zero-order valence-corrected chi connectivity index (χ0v) is 12.3. The van der Waals surface area contributed by atoms with Crippen LogP contribution in [0.1, 0.15) is 26.5 Å². The third-order valence-electron chi connectivity index (χ3n) is 2.80. The summed E-state index contributed by atoms with van der Waals surface area (Å²) in [5, 5.41) is 15.2. The first-order valence-electron chi connectivity index (χ1n) is 6.09. The van der Waals surface area contributed by atoms with Gasteiger partial charge in [-0.2, -0.15) is 0 Å². The summed E-state index contributed by atoms with van der Waals surface area (Å²) in [6.45, 7) is 3.58. The first-order chi connectivity index (χ1) is 9.97. The molecule has 0 saturated carbocycles. The highest BCUT2D eigenvalue weighted by atomic mass is 32.1. The lowest BCUT2D eigenvalue weighted by Crippen LogP contribution is -2.11. The van der Waals surface area contributed by atoms with E-state index >= 15 is 0 Å². The summed E-state index contributed by atoms with van der Waals surface area (Å²) >= 11 is 1.03. The number of hydrogen-bond donors (Lipinski definition) is 2. The second-order valence-electron chi connectivity index (χ2n) is 4.38. The van der Waals surface area contributed by atoms with E-state index in [1.165, 1.54) is 6.08 Å². The molecule has 0 radical (unpaired) electrons. The second kappa shape index (κ2) is 6.27. The quantitative estimate of drug-likeness (QED) is 0.847. The van der Waals surface area contributed by atoms with Gasteiger partial charge >= 0.3 is 5.97 Å². The number of carboxylic acids is 1. The molecule has 0 aliphatic rings. The zero-order valence-electron chi connectivity index (χ0n) is 11.5. The first-order valence-corrected chi connectivity index (χ1v) is 6.86. The van der Waals surface area contributed by atoms with Gasteiger partial charge in [-0.3, -0.25) is 4.79 Å². The molecule has 1 heterocycles. The lowest BCUT2D eigenvalue weighted by Gasteiger charge is -2.07. The predicted octanol–water partition coefficient (Wildman–Crippen LogP) is 2.51. The van der Waals surface area contributed by atoms with Gasteiger partial charge in [0.1, 0.15) is 4.88 Å². The van der Waals surface area contributed by atoms with Crippen molar-refractivity contribution in [2.45, 2.75) is 13.8 Å². The van der Waals surface area contributed by atoms with Gasteiger partial charge in [-0.15, -0.1) is 5.10 Å². The van der Waals surface area contributed by atoms with Crippen molar-refractivity contribution in [1.82, 2.24) is 9.59 Å². The summed E-state index contributed by atoms with van der Waals surface area (Å²) < 4.78 is 3.72. The Morgan fingerprint density at radius 2 is 2.10 bits per heavy atom. The maximum Gasteiger partial charge on any atom is 0.328 e. The van der Waals surface area contributed by atoms with Crippen LogP contribution in [-0.4, -0.2) is 26.6 Å². The Morgan fingerprint density at radius 3 is 2.71 bits per heavy atom. The maximum absolute atomic E-state index is 12.1. The largest absolute Gasteiger partial charge is 0.478 e. The van der Waals surface area contributed by atoms with E-state index in [4.69, 9.17) is 5.11 Å². The van der Waals surface area contributed by atoms with Crippen LogP contribution in [0, 0.1) is 13.8 Å². The Hall–Kier alpha value is -2.54. The topological polar surface area (TPSA) is 92.2 Å². The minimum Gasteiger partial charge on any atom is -0.478 e. The van der Waals surface area contributed by atoms with Crippen molar-refractivity contribution < 1.29 is 14.7 Å². The molecule has 2 aromatic rings. The number of rotatable bonds is 4. The minimum absolute atomic E-state index is 0.278. The molecule has 1 aromatic heterocycles. The van der Waals surface area contributed by atoms with Crippen LogP contribution in [0.5, 0.6) is 0 Å². The molecule has 21 heavy (non-hydrogen) atoms. The average Bonchev–Trinajstić information content (AvgIpc) is 2.85. The third kappa shape index (κ3) is 3.73. The van der Waals surface area contributed by atoms with Crippen LogP contribution in [0.4, 0.5) is 5.69 Å². The standard InChI is InChI=1S/C14H13N3O3S/c1-8-3-5-11(7-10(8)4-6-12(18)19)15-14(20)13-9(2)16-17-21-13/h3-7H,1-2H3,(H,15,20)(H,18,19). The molecule has 0 aliphatic heterocycles. The molecule has 2 rings (SSSR count). The third-order valence-corrected chi connectivity index (χ3v) is 3.63. The van der Waals surface area contributed by atoms with Crippen LogP contribution in [0.3, 0.4) is 0 Å². The van der Waals surface area contributed by atoms with Gasteiger partial charge in [-0.05, 0) is 54.7 Å². The Bertz CT molecular complexity index is 722. The highest BCUT2D eigenvalue weighted by Crippen LogP contribution is 2.19. The molecule has 7 heteroatoms. The summed E-state index contributed by atoms with van der Waals surface area (Å²) in [6.07, 6.45) is 2.55. The number of anilines is 1. The zero-order chi connectivity index (χ0) is 15.4. The number of amides is 1. The number of aliphatic carboxylic acids is 1. The smallest absolute Gasteiger partial charge is 0.328 e. The number of nitrogens with zero attached hydrogens (tertiary/aromatic N) is 2.